The highest BCUT2D eigenvalue weighted by atomic mass is 19.3. The quantitative estimate of drug-likeness (QED) is 0.241. The Morgan fingerprint density at radius 2 is 0.714 bits per heavy atom. The van der Waals surface area contributed by atoms with Gasteiger partial charge in [-0.15, -0.1) is 0 Å². The number of aromatic nitrogens is 2. The Morgan fingerprint density at radius 1 is 0.402 bits per heavy atom. The molecule has 0 spiro atoms. The summed E-state index contributed by atoms with van der Waals surface area (Å²) in [6, 6.07) is 3.31. The van der Waals surface area contributed by atoms with E-state index in [0.29, 0.717) is 61.2 Å². The molecule has 1 aromatic rings. The molecule has 0 unspecified atom stereocenters. The van der Waals surface area contributed by atoms with Gasteiger partial charge in [0, 0.05) is 152 Å². The Balaban J connectivity index is 0.000000271. The first kappa shape index (κ1) is 102. The van der Waals surface area contributed by atoms with E-state index >= 15 is 0 Å². The van der Waals surface area contributed by atoms with E-state index in [0.717, 1.165) is 139 Å². The first-order valence-corrected chi connectivity index (χ1v) is 46.2. The van der Waals surface area contributed by atoms with Crippen LogP contribution in [-0.2, 0) is 0 Å². The summed E-state index contributed by atoms with van der Waals surface area (Å²) >= 11 is 0. The van der Waals surface area contributed by atoms with Crippen molar-refractivity contribution in [2.75, 3.05) is 91.8 Å². The topological polar surface area (TPSA) is 114 Å². The fraction of sp³-hybridized carbons (Fsp3) is 0.958. The number of aliphatic hydroxyl groups excluding tert-OH is 2. The maximum atomic E-state index is 12.3. The van der Waals surface area contributed by atoms with Crippen LogP contribution in [0.25, 0.3) is 9.69 Å². The third kappa shape index (κ3) is 36.3. The number of likely N-dealkylation sites (tertiary alicyclic amines) is 8. The molecule has 2 aliphatic carbocycles. The van der Waals surface area contributed by atoms with Gasteiger partial charge in [-0.25, -0.2) is 21.9 Å². The molecule has 11 rings (SSSR count). The molecular formula is C95H182F2N12O3. The zero-order valence-electron chi connectivity index (χ0n) is 78.2. The van der Waals surface area contributed by atoms with Gasteiger partial charge in [-0.1, -0.05) is 69.4 Å². The van der Waals surface area contributed by atoms with Crippen molar-refractivity contribution in [2.24, 2.45) is 17.8 Å². The zero-order valence-corrected chi connectivity index (χ0v) is 78.2. The Morgan fingerprint density at radius 3 is 1.01 bits per heavy atom. The third-order valence-corrected chi connectivity index (χ3v) is 26.9. The minimum absolute atomic E-state index is 0.0816. The summed E-state index contributed by atoms with van der Waals surface area (Å²) in [7, 11) is 0. The number of aryl methyl sites for hydroxylation is 1. The summed E-state index contributed by atoms with van der Waals surface area (Å²) in [5, 5.41) is 21.8. The van der Waals surface area contributed by atoms with Crippen LogP contribution >= 0.6 is 0 Å². The molecule has 0 bridgehead atoms. The fourth-order valence-corrected chi connectivity index (χ4v) is 19.8. The molecule has 4 atom stereocenters. The number of halogens is 2. The lowest BCUT2D eigenvalue weighted by Gasteiger charge is -2.48. The lowest BCUT2D eigenvalue weighted by Crippen LogP contribution is -2.53. The number of aliphatic hydroxyl groups is 2. The molecular weight excluding hydrogens is 1400 g/mol. The van der Waals surface area contributed by atoms with Crippen LogP contribution in [0.4, 0.5) is 8.78 Å². The molecule has 2 saturated carbocycles. The van der Waals surface area contributed by atoms with Gasteiger partial charge in [-0.05, 0) is 353 Å². The van der Waals surface area contributed by atoms with Gasteiger partial charge in [0.25, 0.3) is 0 Å². The smallest absolute Gasteiger partial charge is 0.241 e. The Labute approximate surface area is 691 Å². The van der Waals surface area contributed by atoms with Crippen molar-refractivity contribution >= 4 is 0 Å². The summed E-state index contributed by atoms with van der Waals surface area (Å²) in [5.41, 5.74) is 2.16. The number of rotatable bonds is 8. The van der Waals surface area contributed by atoms with Crippen molar-refractivity contribution in [2.45, 2.75) is 478 Å². The molecule has 654 valence electrons. The van der Waals surface area contributed by atoms with Crippen molar-refractivity contribution in [3.63, 3.8) is 0 Å². The normalized spacial score (nSPS) is 25.5. The van der Waals surface area contributed by atoms with Crippen LogP contribution in [-0.4, -0.2) is 238 Å². The van der Waals surface area contributed by atoms with E-state index in [9.17, 15) is 8.78 Å². The predicted octanol–water partition coefficient (Wildman–Crippen LogP) is 22.3. The zero-order chi connectivity index (χ0) is 84.1. The molecule has 0 amide bonds. The minimum Gasteiger partial charge on any atom is -0.396 e. The van der Waals surface area contributed by atoms with E-state index in [1.165, 1.54) is 167 Å². The molecule has 10 aliphatic rings. The van der Waals surface area contributed by atoms with Crippen LogP contribution in [0.2, 0.25) is 0 Å². The predicted molar refractivity (Wildman–Crippen MR) is 472 cm³/mol. The van der Waals surface area contributed by atoms with Gasteiger partial charge in [0.1, 0.15) is 0 Å². The summed E-state index contributed by atoms with van der Waals surface area (Å²) in [6.45, 7) is 86.6. The second-order valence-corrected chi connectivity index (χ2v) is 43.9. The molecule has 17 heteroatoms. The molecule has 15 nitrogen and oxygen atoms in total. The third-order valence-electron chi connectivity index (χ3n) is 26.9. The molecule has 8 aliphatic heterocycles. The number of piperidine rings is 8. The molecule has 0 aromatic carbocycles. The van der Waals surface area contributed by atoms with E-state index in [2.05, 4.69) is 232 Å². The van der Waals surface area contributed by atoms with Crippen molar-refractivity contribution in [3.05, 3.63) is 34.5 Å². The molecule has 9 heterocycles. The standard InChI is InChI=1S/2C15H29N.C12H21N3O.C11H20N2.2C11H23NO.C10H19F2N.C10H18N2/c2*1-15(2,3)16-12-8-7-11-14(16)13-9-5-4-6-10-13;1-9-13-11(16-14-9)10-5-7-15(8-6-10)12(2,3)4;1-10(2,3)13-8-6-11(4,12-5)7-9-13;2*1-11(2,3)12-8-5-4-6-10(12)7-9-13;1-10(2,3)13-6-4-8(5-7-13)9(11)12;1-10(2,3)12-7-5-9(11-4)6-8-12/h2*13-14H,4-12H2,1-3H3;10H,5-8H2,1-4H3;6-9H2,1-4H3;2*10,13H,4-9H2,1-3H3;8-9H,4-7H2,1-3H3;9H,5-8H2,1-3H3/t2*14-;;;2*10-;;/m10..10../s1. The van der Waals surface area contributed by atoms with Crippen LogP contribution in [0.15, 0.2) is 4.52 Å². The van der Waals surface area contributed by atoms with Crippen molar-refractivity contribution in [1.82, 2.24) is 49.3 Å². The van der Waals surface area contributed by atoms with Gasteiger partial charge >= 0.3 is 0 Å². The van der Waals surface area contributed by atoms with Gasteiger partial charge in [0.05, 0.1) is 0 Å². The van der Waals surface area contributed by atoms with Crippen molar-refractivity contribution < 1.29 is 23.5 Å². The second kappa shape index (κ2) is 47.5. The monoisotopic (exact) mass is 1580 g/mol. The minimum atomic E-state index is -2.12. The fourth-order valence-electron chi connectivity index (χ4n) is 19.8. The van der Waals surface area contributed by atoms with Crippen LogP contribution in [0.3, 0.4) is 0 Å². The Kier molecular flexibility index (Phi) is 43.3. The number of hydrogen-bond donors (Lipinski definition) is 2. The second-order valence-electron chi connectivity index (χ2n) is 43.9. The van der Waals surface area contributed by atoms with Gasteiger partial charge < -0.3 is 24.4 Å². The summed E-state index contributed by atoms with van der Waals surface area (Å²) in [6.07, 6.45) is 38.9. The van der Waals surface area contributed by atoms with E-state index in [4.69, 9.17) is 27.9 Å². The van der Waals surface area contributed by atoms with Gasteiger partial charge in [0.2, 0.25) is 23.9 Å². The molecule has 10 fully saturated rings. The molecule has 0 radical (unpaired) electrons. The Hall–Kier alpha value is -2.42. The van der Waals surface area contributed by atoms with Crippen LogP contribution in [0, 0.1) is 37.8 Å². The highest BCUT2D eigenvalue weighted by molar-refractivity contribution is 5.01. The first-order valence-electron chi connectivity index (χ1n) is 46.2. The summed E-state index contributed by atoms with van der Waals surface area (Å²) in [5.74, 6) is 3.68. The maximum absolute atomic E-state index is 12.3. The molecule has 2 N–H and O–H groups in total. The highest BCUT2D eigenvalue weighted by Gasteiger charge is 2.41. The van der Waals surface area contributed by atoms with Gasteiger partial charge in [-0.2, -0.15) is 4.98 Å². The van der Waals surface area contributed by atoms with Crippen LogP contribution in [0.1, 0.15) is 396 Å². The van der Waals surface area contributed by atoms with Crippen molar-refractivity contribution in [1.29, 1.82) is 0 Å². The lowest BCUT2D eigenvalue weighted by molar-refractivity contribution is 0.0102. The van der Waals surface area contributed by atoms with Gasteiger partial charge in [-0.3, -0.25) is 39.2 Å². The van der Waals surface area contributed by atoms with E-state index in [1.54, 1.807) is 0 Å². The lowest BCUT2D eigenvalue weighted by atomic mass is 9.78. The largest absolute Gasteiger partial charge is 0.396 e. The number of nitrogens with zero attached hydrogens (tertiary/aromatic N) is 12. The SMILES string of the molecule is CC(C)(C)N1CCC(C(F)F)CC1.CC(C)(C)N1CCCC[C@@H]1C1CCCCC1.CC(C)(C)N1CCCC[C@@H]1CCO.CC(C)(C)N1CCCC[C@H]1C1CCCCC1.CC(C)(C)N1CCCC[C@H]1CCO.Cc1noc(C2CCN(C(C)(C)C)CC2)n1.[C-]#[N+]C1(C)CCN(C(C)(C)C)CC1.[C-]#[N+]C1CCN(C(C)(C)C)CC1. The van der Waals surface area contributed by atoms with Gasteiger partial charge in [0.15, 0.2) is 5.82 Å². The average molecular weight is 1580 g/mol. The summed E-state index contributed by atoms with van der Waals surface area (Å²) < 4.78 is 29.9. The van der Waals surface area contributed by atoms with Crippen molar-refractivity contribution in [3.8, 4) is 0 Å². The summed E-state index contributed by atoms with van der Waals surface area (Å²) in [4.78, 5) is 32.1. The number of alkyl halides is 2. The molecule has 1 aromatic heterocycles. The van der Waals surface area contributed by atoms with Crippen LogP contribution < -0.4 is 0 Å². The average Bonchev–Trinajstić information content (AvgIpc) is 1.04. The first-order chi connectivity index (χ1) is 52.1. The van der Waals surface area contributed by atoms with E-state index in [1.807, 2.05) is 6.92 Å². The highest BCUT2D eigenvalue weighted by Crippen LogP contribution is 2.40. The van der Waals surface area contributed by atoms with E-state index < -0.39 is 6.43 Å². The molecule has 112 heavy (non-hydrogen) atoms. The van der Waals surface area contributed by atoms with Crippen LogP contribution in [0.5, 0.6) is 0 Å². The van der Waals surface area contributed by atoms with E-state index in [-0.39, 0.29) is 44.7 Å². The number of hydrogen-bond acceptors (Lipinski definition) is 13. The Bertz CT molecular complexity index is 2630. The maximum Gasteiger partial charge on any atom is 0.241 e. The molecule has 8 saturated heterocycles.